The summed E-state index contributed by atoms with van der Waals surface area (Å²) in [5.74, 6) is -1.76. The molecule has 1 aromatic carbocycles. The molecule has 0 fully saturated rings. The molecule has 1 rings (SSSR count). The van der Waals surface area contributed by atoms with Gasteiger partial charge in [0.05, 0.1) is 5.56 Å². The summed E-state index contributed by atoms with van der Waals surface area (Å²) in [6.45, 7) is 4.88. The van der Waals surface area contributed by atoms with E-state index in [1.165, 1.54) is 13.1 Å². The largest absolute Gasteiger partial charge is 0.419 e. The highest BCUT2D eigenvalue weighted by Gasteiger charge is 2.34. The van der Waals surface area contributed by atoms with E-state index in [9.17, 15) is 22.4 Å². The Labute approximate surface area is 114 Å². The predicted molar refractivity (Wildman–Crippen MR) is 68.3 cm³/mol. The van der Waals surface area contributed by atoms with Gasteiger partial charge in [0.15, 0.2) is 5.78 Å². The van der Waals surface area contributed by atoms with Gasteiger partial charge in [0.1, 0.15) is 5.82 Å². The Kier molecular flexibility index (Phi) is 4.92. The normalized spacial score (nSPS) is 12.7. The first kappa shape index (κ1) is 16.2. The van der Waals surface area contributed by atoms with Gasteiger partial charge in [-0.15, -0.1) is 0 Å². The number of rotatable bonds is 4. The van der Waals surface area contributed by atoms with Crippen LogP contribution in [0.5, 0.6) is 0 Å². The van der Waals surface area contributed by atoms with Crippen molar-refractivity contribution in [3.63, 3.8) is 0 Å². The van der Waals surface area contributed by atoms with Crippen molar-refractivity contribution < 1.29 is 22.4 Å². The van der Waals surface area contributed by atoms with Crippen LogP contribution in [-0.4, -0.2) is 11.8 Å². The van der Waals surface area contributed by atoms with Gasteiger partial charge in [-0.05, 0) is 38.5 Å². The molecule has 0 aliphatic heterocycles. The highest BCUT2D eigenvalue weighted by molar-refractivity contribution is 6.19. The van der Waals surface area contributed by atoms with Crippen LogP contribution < -0.4 is 5.32 Å². The Morgan fingerprint density at radius 3 is 2.35 bits per heavy atom. The van der Waals surface area contributed by atoms with E-state index in [2.05, 4.69) is 5.32 Å². The van der Waals surface area contributed by atoms with E-state index in [4.69, 9.17) is 0 Å². The van der Waals surface area contributed by atoms with Crippen molar-refractivity contribution in [3.8, 4) is 0 Å². The lowest BCUT2D eigenvalue weighted by Gasteiger charge is -2.12. The van der Waals surface area contributed by atoms with Crippen molar-refractivity contribution >= 4 is 11.4 Å². The minimum absolute atomic E-state index is 0.0203. The zero-order chi connectivity index (χ0) is 15.5. The molecule has 0 radical (unpaired) electrons. The molecule has 0 saturated carbocycles. The van der Waals surface area contributed by atoms with E-state index in [0.29, 0.717) is 12.1 Å². The zero-order valence-electron chi connectivity index (χ0n) is 11.3. The lowest BCUT2D eigenvalue weighted by molar-refractivity contribution is -0.140. The van der Waals surface area contributed by atoms with Gasteiger partial charge in [0, 0.05) is 17.8 Å². The molecule has 2 nitrogen and oxygen atoms in total. The molecule has 0 aromatic heterocycles. The van der Waals surface area contributed by atoms with Crippen molar-refractivity contribution in [2.45, 2.75) is 33.0 Å². The van der Waals surface area contributed by atoms with E-state index in [0.717, 1.165) is 6.07 Å². The number of carbonyl (C=O) groups excluding carboxylic acids is 1. The predicted octanol–water partition coefficient (Wildman–Crippen LogP) is 3.77. The van der Waals surface area contributed by atoms with Crippen molar-refractivity contribution in [1.82, 2.24) is 5.32 Å². The second-order valence-corrected chi connectivity index (χ2v) is 4.63. The molecule has 1 N–H and O–H groups in total. The standard InChI is InChI=1S/C14H15F4NO/c1-8(2)19-7-11(9(3)20)10-4-5-13(15)12(6-10)14(16,17)18/h4-8,19H,1-3H3/b11-7+. The summed E-state index contributed by atoms with van der Waals surface area (Å²) in [5, 5.41) is 2.84. The summed E-state index contributed by atoms with van der Waals surface area (Å²) in [6.07, 6.45) is -3.45. The molecule has 0 amide bonds. The molecule has 110 valence electrons. The smallest absolute Gasteiger partial charge is 0.388 e. The van der Waals surface area contributed by atoms with Gasteiger partial charge in [-0.1, -0.05) is 6.07 Å². The molecule has 0 spiro atoms. The quantitative estimate of drug-likeness (QED) is 0.675. The lowest BCUT2D eigenvalue weighted by Crippen LogP contribution is -2.17. The van der Waals surface area contributed by atoms with E-state index in [-0.39, 0.29) is 17.2 Å². The summed E-state index contributed by atoms with van der Waals surface area (Å²) in [6, 6.07) is 2.53. The van der Waals surface area contributed by atoms with Gasteiger partial charge in [-0.25, -0.2) is 4.39 Å². The van der Waals surface area contributed by atoms with Crippen molar-refractivity contribution in [2.75, 3.05) is 0 Å². The topological polar surface area (TPSA) is 29.1 Å². The van der Waals surface area contributed by atoms with Crippen LogP contribution in [0.15, 0.2) is 24.4 Å². The number of ketones is 1. The molecule has 0 aliphatic rings. The number of nitrogens with one attached hydrogen (secondary N) is 1. The van der Waals surface area contributed by atoms with Crippen molar-refractivity contribution in [2.24, 2.45) is 0 Å². The van der Waals surface area contributed by atoms with Crippen molar-refractivity contribution in [1.29, 1.82) is 0 Å². The third kappa shape index (κ3) is 4.08. The third-order valence-electron chi connectivity index (χ3n) is 2.52. The van der Waals surface area contributed by atoms with Crippen LogP contribution in [0, 0.1) is 5.82 Å². The van der Waals surface area contributed by atoms with Crippen LogP contribution in [0.25, 0.3) is 5.57 Å². The zero-order valence-corrected chi connectivity index (χ0v) is 11.3. The number of halogens is 4. The van der Waals surface area contributed by atoms with Crippen LogP contribution in [-0.2, 0) is 11.0 Å². The van der Waals surface area contributed by atoms with E-state index in [1.807, 2.05) is 13.8 Å². The fraction of sp³-hybridized carbons (Fsp3) is 0.357. The molecule has 0 aliphatic carbocycles. The van der Waals surface area contributed by atoms with Crippen molar-refractivity contribution in [3.05, 3.63) is 41.3 Å². The number of carbonyl (C=O) groups is 1. The number of alkyl halides is 3. The van der Waals surface area contributed by atoms with Gasteiger partial charge < -0.3 is 5.32 Å². The van der Waals surface area contributed by atoms with Crippen LogP contribution in [0.1, 0.15) is 31.9 Å². The molecule has 6 heteroatoms. The van der Waals surface area contributed by atoms with E-state index in [1.54, 1.807) is 0 Å². The minimum atomic E-state index is -4.80. The van der Waals surface area contributed by atoms with E-state index >= 15 is 0 Å². The second-order valence-electron chi connectivity index (χ2n) is 4.63. The Bertz CT molecular complexity index is 532. The number of Topliss-reactive ketones (excluding diaryl/α,β-unsaturated/α-hetero) is 1. The van der Waals surface area contributed by atoms with Gasteiger partial charge >= 0.3 is 6.18 Å². The Balaban J connectivity index is 3.29. The van der Waals surface area contributed by atoms with Gasteiger partial charge in [0.2, 0.25) is 0 Å². The SMILES string of the molecule is CC(=O)/C(=C\NC(C)C)c1ccc(F)c(C(F)(F)F)c1. The number of benzene rings is 1. The van der Waals surface area contributed by atoms with Gasteiger partial charge in [-0.2, -0.15) is 13.2 Å². The fourth-order valence-corrected chi connectivity index (χ4v) is 1.55. The summed E-state index contributed by atoms with van der Waals surface area (Å²) in [4.78, 5) is 11.5. The summed E-state index contributed by atoms with van der Waals surface area (Å²) < 4.78 is 51.1. The highest BCUT2D eigenvalue weighted by Crippen LogP contribution is 2.33. The Morgan fingerprint density at radius 2 is 1.90 bits per heavy atom. The third-order valence-corrected chi connectivity index (χ3v) is 2.52. The molecule has 1 aromatic rings. The maximum absolute atomic E-state index is 13.2. The number of hydrogen-bond acceptors (Lipinski definition) is 2. The van der Waals surface area contributed by atoms with Crippen LogP contribution >= 0.6 is 0 Å². The van der Waals surface area contributed by atoms with Crippen LogP contribution in [0.3, 0.4) is 0 Å². The average molecular weight is 289 g/mol. The van der Waals surface area contributed by atoms with Gasteiger partial charge in [0.25, 0.3) is 0 Å². The maximum atomic E-state index is 13.2. The number of allylic oxidation sites excluding steroid dienone is 1. The molecule has 0 unspecified atom stereocenters. The molecule has 20 heavy (non-hydrogen) atoms. The average Bonchev–Trinajstić information content (AvgIpc) is 2.28. The number of hydrogen-bond donors (Lipinski definition) is 1. The van der Waals surface area contributed by atoms with Gasteiger partial charge in [-0.3, -0.25) is 4.79 Å². The Hall–Kier alpha value is -1.85. The monoisotopic (exact) mass is 289 g/mol. The summed E-state index contributed by atoms with van der Waals surface area (Å²) in [7, 11) is 0. The molecular weight excluding hydrogens is 274 g/mol. The minimum Gasteiger partial charge on any atom is -0.388 e. The van der Waals surface area contributed by atoms with Crippen LogP contribution in [0.4, 0.5) is 17.6 Å². The highest BCUT2D eigenvalue weighted by atomic mass is 19.4. The molecule has 0 atom stereocenters. The Morgan fingerprint density at radius 1 is 1.30 bits per heavy atom. The fourth-order valence-electron chi connectivity index (χ4n) is 1.55. The molecular formula is C14H15F4NO. The lowest BCUT2D eigenvalue weighted by atomic mass is 10.0. The summed E-state index contributed by atoms with van der Waals surface area (Å²) >= 11 is 0. The van der Waals surface area contributed by atoms with E-state index < -0.39 is 23.3 Å². The second kappa shape index (κ2) is 6.07. The first-order chi connectivity index (χ1) is 9.12. The first-order valence-corrected chi connectivity index (χ1v) is 5.97. The maximum Gasteiger partial charge on any atom is 0.419 e. The summed E-state index contributed by atoms with van der Waals surface area (Å²) in [5.41, 5.74) is -1.28. The molecule has 0 bridgehead atoms. The first-order valence-electron chi connectivity index (χ1n) is 5.97. The van der Waals surface area contributed by atoms with Crippen LogP contribution in [0.2, 0.25) is 0 Å². The molecule has 0 heterocycles. The molecule has 0 saturated heterocycles.